The number of hydrogen-bond donors (Lipinski definition) is 0. The van der Waals surface area contributed by atoms with Crippen LogP contribution in [-0.2, 0) is 0 Å². The molecule has 0 saturated carbocycles. The Bertz CT molecular complexity index is 956. The van der Waals surface area contributed by atoms with Gasteiger partial charge >= 0.3 is 0 Å². The van der Waals surface area contributed by atoms with Crippen molar-refractivity contribution < 1.29 is 4.79 Å². The lowest BCUT2D eigenvalue weighted by Gasteiger charge is -2.07. The van der Waals surface area contributed by atoms with E-state index < -0.39 is 0 Å². The SMILES string of the molecule is O=Cc1ccc(-c2cc3ccccc3n2-c2ncccn2)s1. The molecule has 0 aliphatic heterocycles. The van der Waals surface area contributed by atoms with E-state index in [0.717, 1.165) is 27.8 Å². The molecule has 22 heavy (non-hydrogen) atoms. The minimum Gasteiger partial charge on any atom is -0.297 e. The van der Waals surface area contributed by atoms with Crippen LogP contribution in [0.3, 0.4) is 0 Å². The van der Waals surface area contributed by atoms with Crippen molar-refractivity contribution in [2.24, 2.45) is 0 Å². The molecule has 0 spiro atoms. The second kappa shape index (κ2) is 5.20. The molecule has 1 aromatic carbocycles. The van der Waals surface area contributed by atoms with Gasteiger partial charge in [-0.05, 0) is 30.3 Å². The van der Waals surface area contributed by atoms with E-state index in [2.05, 4.69) is 22.1 Å². The monoisotopic (exact) mass is 305 g/mol. The lowest BCUT2D eigenvalue weighted by atomic mass is 10.2. The van der Waals surface area contributed by atoms with Crippen LogP contribution in [0.1, 0.15) is 9.67 Å². The fourth-order valence-electron chi connectivity index (χ4n) is 2.51. The lowest BCUT2D eigenvalue weighted by Crippen LogP contribution is -2.01. The van der Waals surface area contributed by atoms with Gasteiger partial charge in [0.15, 0.2) is 6.29 Å². The van der Waals surface area contributed by atoms with Gasteiger partial charge in [-0.1, -0.05) is 18.2 Å². The molecule has 0 radical (unpaired) electrons. The maximum Gasteiger partial charge on any atom is 0.234 e. The van der Waals surface area contributed by atoms with Crippen molar-refractivity contribution in [3.8, 4) is 16.5 Å². The summed E-state index contributed by atoms with van der Waals surface area (Å²) in [6.07, 6.45) is 4.33. The highest BCUT2D eigenvalue weighted by atomic mass is 32.1. The molecule has 0 fully saturated rings. The number of para-hydroxylation sites is 1. The number of thiophene rings is 1. The van der Waals surface area contributed by atoms with Gasteiger partial charge in [-0.2, -0.15) is 0 Å². The molecule has 106 valence electrons. The van der Waals surface area contributed by atoms with Crippen molar-refractivity contribution in [1.29, 1.82) is 0 Å². The van der Waals surface area contributed by atoms with Crippen LogP contribution in [0.4, 0.5) is 0 Å². The molecular weight excluding hydrogens is 294 g/mol. The van der Waals surface area contributed by atoms with E-state index in [1.54, 1.807) is 18.5 Å². The van der Waals surface area contributed by atoms with Crippen molar-refractivity contribution in [2.45, 2.75) is 0 Å². The molecule has 0 amide bonds. The van der Waals surface area contributed by atoms with E-state index in [4.69, 9.17) is 0 Å². The van der Waals surface area contributed by atoms with Crippen LogP contribution < -0.4 is 0 Å². The molecule has 3 aromatic heterocycles. The van der Waals surface area contributed by atoms with E-state index >= 15 is 0 Å². The zero-order valence-electron chi connectivity index (χ0n) is 11.5. The summed E-state index contributed by atoms with van der Waals surface area (Å²) in [6, 6.07) is 15.8. The fourth-order valence-corrected chi connectivity index (χ4v) is 3.34. The van der Waals surface area contributed by atoms with Gasteiger partial charge in [-0.25, -0.2) is 9.97 Å². The Morgan fingerprint density at radius 3 is 2.59 bits per heavy atom. The zero-order valence-corrected chi connectivity index (χ0v) is 12.3. The number of rotatable bonds is 3. The second-order valence-electron chi connectivity index (χ2n) is 4.79. The van der Waals surface area contributed by atoms with Gasteiger partial charge in [-0.3, -0.25) is 9.36 Å². The number of carbonyl (C=O) groups excluding carboxylic acids is 1. The summed E-state index contributed by atoms with van der Waals surface area (Å²) >= 11 is 1.47. The van der Waals surface area contributed by atoms with Crippen LogP contribution >= 0.6 is 11.3 Å². The Morgan fingerprint density at radius 1 is 1.00 bits per heavy atom. The number of aldehydes is 1. The molecule has 5 heteroatoms. The van der Waals surface area contributed by atoms with E-state index in [1.165, 1.54) is 11.3 Å². The number of benzene rings is 1. The third-order valence-corrected chi connectivity index (χ3v) is 4.49. The molecular formula is C17H11N3OS. The molecule has 0 bridgehead atoms. The Kier molecular flexibility index (Phi) is 3.05. The molecule has 4 nitrogen and oxygen atoms in total. The van der Waals surface area contributed by atoms with Crippen molar-refractivity contribution in [2.75, 3.05) is 0 Å². The average Bonchev–Trinajstić information content (AvgIpc) is 3.19. The summed E-state index contributed by atoms with van der Waals surface area (Å²) in [5.41, 5.74) is 2.04. The van der Waals surface area contributed by atoms with Crippen molar-refractivity contribution in [1.82, 2.24) is 14.5 Å². The first-order valence-corrected chi connectivity index (χ1v) is 7.62. The number of carbonyl (C=O) groups is 1. The molecule has 0 saturated heterocycles. The highest BCUT2D eigenvalue weighted by molar-refractivity contribution is 7.17. The molecule has 0 aliphatic carbocycles. The highest BCUT2D eigenvalue weighted by Gasteiger charge is 2.15. The number of fused-ring (bicyclic) bond motifs is 1. The molecule has 0 atom stereocenters. The normalized spacial score (nSPS) is 10.9. The Labute approximate surface area is 130 Å². The third-order valence-electron chi connectivity index (χ3n) is 3.46. The first-order chi connectivity index (χ1) is 10.9. The van der Waals surface area contributed by atoms with E-state index in [1.807, 2.05) is 34.9 Å². The Hall–Kier alpha value is -2.79. The van der Waals surface area contributed by atoms with Gasteiger partial charge in [0.2, 0.25) is 5.95 Å². The van der Waals surface area contributed by atoms with Crippen molar-refractivity contribution in [3.05, 3.63) is 65.8 Å². The molecule has 4 rings (SSSR count). The molecule has 0 unspecified atom stereocenters. The number of aromatic nitrogens is 3. The lowest BCUT2D eigenvalue weighted by molar-refractivity contribution is 0.112. The smallest absolute Gasteiger partial charge is 0.234 e. The topological polar surface area (TPSA) is 47.8 Å². The first kappa shape index (κ1) is 12.9. The Morgan fingerprint density at radius 2 is 1.82 bits per heavy atom. The van der Waals surface area contributed by atoms with Crippen LogP contribution in [-0.4, -0.2) is 20.8 Å². The average molecular weight is 305 g/mol. The predicted octanol–water partition coefficient (Wildman–Crippen LogP) is 3.96. The third kappa shape index (κ3) is 2.03. The van der Waals surface area contributed by atoms with E-state index in [0.29, 0.717) is 10.8 Å². The van der Waals surface area contributed by atoms with Crippen LogP contribution in [0, 0.1) is 0 Å². The fraction of sp³-hybridized carbons (Fsp3) is 0. The van der Waals surface area contributed by atoms with Gasteiger partial charge in [0, 0.05) is 17.8 Å². The summed E-state index contributed by atoms with van der Waals surface area (Å²) < 4.78 is 2.02. The maximum absolute atomic E-state index is 11.0. The maximum atomic E-state index is 11.0. The van der Waals surface area contributed by atoms with E-state index in [-0.39, 0.29) is 0 Å². The van der Waals surface area contributed by atoms with Crippen LogP contribution in [0.5, 0.6) is 0 Å². The summed E-state index contributed by atoms with van der Waals surface area (Å²) in [4.78, 5) is 21.4. The molecule has 4 aromatic rings. The summed E-state index contributed by atoms with van der Waals surface area (Å²) in [5, 5.41) is 1.12. The second-order valence-corrected chi connectivity index (χ2v) is 5.91. The van der Waals surface area contributed by atoms with Crippen molar-refractivity contribution >= 4 is 28.5 Å². The van der Waals surface area contributed by atoms with Gasteiger partial charge in [0.05, 0.1) is 21.0 Å². The summed E-state index contributed by atoms with van der Waals surface area (Å²) in [6.45, 7) is 0. The zero-order chi connectivity index (χ0) is 14.9. The van der Waals surface area contributed by atoms with Gasteiger partial charge < -0.3 is 0 Å². The quantitative estimate of drug-likeness (QED) is 0.538. The minimum atomic E-state index is 0.625. The predicted molar refractivity (Wildman–Crippen MR) is 87.6 cm³/mol. The molecule has 0 aliphatic rings. The number of nitrogens with zero attached hydrogens (tertiary/aromatic N) is 3. The van der Waals surface area contributed by atoms with Crippen molar-refractivity contribution in [3.63, 3.8) is 0 Å². The standard InChI is InChI=1S/C17H11N3OS/c21-11-13-6-7-16(22-13)15-10-12-4-1-2-5-14(12)20(15)17-18-8-3-9-19-17/h1-11H. The largest absolute Gasteiger partial charge is 0.297 e. The minimum absolute atomic E-state index is 0.625. The van der Waals surface area contributed by atoms with Crippen LogP contribution in [0.2, 0.25) is 0 Å². The van der Waals surface area contributed by atoms with Gasteiger partial charge in [0.1, 0.15) is 0 Å². The molecule has 3 heterocycles. The summed E-state index contributed by atoms with van der Waals surface area (Å²) in [5.74, 6) is 0.625. The molecule has 0 N–H and O–H groups in total. The van der Waals surface area contributed by atoms with Crippen LogP contribution in [0.15, 0.2) is 60.9 Å². The van der Waals surface area contributed by atoms with Gasteiger partial charge in [0.25, 0.3) is 0 Å². The highest BCUT2D eigenvalue weighted by Crippen LogP contribution is 2.34. The first-order valence-electron chi connectivity index (χ1n) is 6.80. The van der Waals surface area contributed by atoms with Crippen LogP contribution in [0.25, 0.3) is 27.4 Å². The van der Waals surface area contributed by atoms with E-state index in [9.17, 15) is 4.79 Å². The Balaban J connectivity index is 2.03. The summed E-state index contributed by atoms with van der Waals surface area (Å²) in [7, 11) is 0. The number of hydrogen-bond acceptors (Lipinski definition) is 4. The van der Waals surface area contributed by atoms with Gasteiger partial charge in [-0.15, -0.1) is 11.3 Å².